The zero-order chi connectivity index (χ0) is 19.4. The van der Waals surface area contributed by atoms with Crippen molar-refractivity contribution in [2.24, 2.45) is 5.41 Å². The lowest BCUT2D eigenvalue weighted by Gasteiger charge is -2.32. The highest BCUT2D eigenvalue weighted by Crippen LogP contribution is 2.21. The van der Waals surface area contributed by atoms with E-state index in [0.29, 0.717) is 18.5 Å². The van der Waals surface area contributed by atoms with Gasteiger partial charge in [0.1, 0.15) is 0 Å². The monoisotopic (exact) mass is 367 g/mol. The van der Waals surface area contributed by atoms with Crippen LogP contribution in [0, 0.1) is 5.41 Å². The fraction of sp³-hybridized carbons (Fsp3) is 0.400. The largest absolute Gasteiger partial charge is 0.351 e. The van der Waals surface area contributed by atoms with E-state index in [4.69, 9.17) is 0 Å². The van der Waals surface area contributed by atoms with Gasteiger partial charge in [-0.05, 0) is 17.5 Å². The zero-order valence-corrected chi connectivity index (χ0v) is 15.9. The third-order valence-corrected chi connectivity index (χ3v) is 4.65. The van der Waals surface area contributed by atoms with Gasteiger partial charge in [-0.25, -0.2) is 4.98 Å². The van der Waals surface area contributed by atoms with E-state index in [0.717, 1.165) is 5.52 Å². The molecule has 0 saturated heterocycles. The van der Waals surface area contributed by atoms with Crippen molar-refractivity contribution in [3.8, 4) is 0 Å². The molecule has 142 valence electrons. The Balaban J connectivity index is 1.68. The molecule has 2 heterocycles. The van der Waals surface area contributed by atoms with E-state index in [9.17, 15) is 9.59 Å². The van der Waals surface area contributed by atoms with Crippen LogP contribution in [-0.2, 0) is 17.9 Å². The summed E-state index contributed by atoms with van der Waals surface area (Å²) in [4.78, 5) is 28.5. The van der Waals surface area contributed by atoms with Crippen molar-refractivity contribution < 1.29 is 4.79 Å². The molecule has 1 aromatic carbocycles. The first-order valence-corrected chi connectivity index (χ1v) is 9.04. The van der Waals surface area contributed by atoms with Crippen LogP contribution < -0.4 is 10.7 Å². The topological polar surface area (TPSA) is 81.8 Å². The van der Waals surface area contributed by atoms with Crippen molar-refractivity contribution in [2.45, 2.75) is 46.3 Å². The minimum atomic E-state index is -0.112. The van der Waals surface area contributed by atoms with Gasteiger partial charge in [-0.1, -0.05) is 32.9 Å². The third-order valence-electron chi connectivity index (χ3n) is 4.65. The van der Waals surface area contributed by atoms with E-state index in [1.807, 2.05) is 29.0 Å². The number of hydrogen-bond acceptors (Lipinski definition) is 4. The Morgan fingerprint density at radius 1 is 1.26 bits per heavy atom. The number of aromatic nitrogens is 4. The molecule has 0 aliphatic carbocycles. The van der Waals surface area contributed by atoms with Crippen LogP contribution in [0.15, 0.2) is 54.0 Å². The van der Waals surface area contributed by atoms with Crippen LogP contribution in [0.25, 0.3) is 10.9 Å². The quantitative estimate of drug-likeness (QED) is 0.724. The summed E-state index contributed by atoms with van der Waals surface area (Å²) in [6, 6.07) is 7.28. The standard InChI is InChI=1S/C20H25N5O2/c1-20(2,3)18(13-24-11-9-21-14-24)23-19(27)8-10-25-16-7-5-4-6-15(16)17(26)12-22-25/h4-7,9,11-12,14,18H,8,10,13H2,1-3H3,(H,23,27). The lowest BCUT2D eigenvalue weighted by atomic mass is 9.86. The molecule has 0 radical (unpaired) electrons. The van der Waals surface area contributed by atoms with Gasteiger partial charge < -0.3 is 9.88 Å². The number of rotatable bonds is 6. The van der Waals surface area contributed by atoms with Crippen LogP contribution >= 0.6 is 0 Å². The highest BCUT2D eigenvalue weighted by Gasteiger charge is 2.26. The van der Waals surface area contributed by atoms with Gasteiger partial charge in [-0.2, -0.15) is 5.10 Å². The number of hydrogen-bond donors (Lipinski definition) is 1. The number of imidazole rings is 1. The molecular weight excluding hydrogens is 342 g/mol. The van der Waals surface area contributed by atoms with Crippen LogP contribution in [-0.4, -0.2) is 31.3 Å². The number of carbonyl (C=O) groups excluding carboxylic acids is 1. The zero-order valence-electron chi connectivity index (χ0n) is 15.9. The van der Waals surface area contributed by atoms with Crippen LogP contribution in [0.3, 0.4) is 0 Å². The predicted molar refractivity (Wildman–Crippen MR) is 104 cm³/mol. The maximum Gasteiger partial charge on any atom is 0.222 e. The summed E-state index contributed by atoms with van der Waals surface area (Å²) in [5, 5.41) is 7.93. The molecule has 1 atom stereocenters. The number of para-hydroxylation sites is 1. The maximum atomic E-state index is 12.6. The van der Waals surface area contributed by atoms with Crippen molar-refractivity contribution in [1.82, 2.24) is 24.6 Å². The van der Waals surface area contributed by atoms with E-state index >= 15 is 0 Å². The summed E-state index contributed by atoms with van der Waals surface area (Å²) in [6.07, 6.45) is 6.96. The Kier molecular flexibility index (Phi) is 5.39. The molecule has 0 spiro atoms. The molecule has 7 heteroatoms. The van der Waals surface area contributed by atoms with E-state index in [1.54, 1.807) is 23.3 Å². The molecule has 0 saturated carbocycles. The molecule has 0 aliphatic heterocycles. The van der Waals surface area contributed by atoms with Gasteiger partial charge in [0.2, 0.25) is 11.3 Å². The number of carbonyl (C=O) groups is 1. The molecule has 1 amide bonds. The minimum absolute atomic E-state index is 0.0297. The number of fused-ring (bicyclic) bond motifs is 1. The van der Waals surface area contributed by atoms with Crippen LogP contribution in [0.4, 0.5) is 0 Å². The van der Waals surface area contributed by atoms with Gasteiger partial charge in [0.15, 0.2) is 0 Å². The molecule has 27 heavy (non-hydrogen) atoms. The number of nitrogens with zero attached hydrogens (tertiary/aromatic N) is 4. The number of amides is 1. The maximum absolute atomic E-state index is 12.6. The highest BCUT2D eigenvalue weighted by molar-refractivity contribution is 5.79. The Morgan fingerprint density at radius 2 is 2.04 bits per heavy atom. The molecule has 7 nitrogen and oxygen atoms in total. The van der Waals surface area contributed by atoms with E-state index in [1.165, 1.54) is 6.20 Å². The van der Waals surface area contributed by atoms with E-state index in [-0.39, 0.29) is 29.2 Å². The smallest absolute Gasteiger partial charge is 0.222 e. The molecule has 0 bridgehead atoms. The van der Waals surface area contributed by atoms with Gasteiger partial charge in [0.25, 0.3) is 0 Å². The van der Waals surface area contributed by atoms with Gasteiger partial charge >= 0.3 is 0 Å². The molecule has 0 aliphatic rings. The molecule has 1 unspecified atom stereocenters. The Labute approximate surface area is 158 Å². The number of nitrogens with one attached hydrogen (secondary N) is 1. The fourth-order valence-corrected chi connectivity index (χ4v) is 2.95. The average Bonchev–Trinajstić information content (AvgIpc) is 3.13. The normalized spacial score (nSPS) is 12.9. The average molecular weight is 367 g/mol. The predicted octanol–water partition coefficient (Wildman–Crippen LogP) is 2.21. The van der Waals surface area contributed by atoms with Gasteiger partial charge in [0, 0.05) is 30.7 Å². The van der Waals surface area contributed by atoms with E-state index < -0.39 is 0 Å². The molecule has 2 aromatic heterocycles. The Hall–Kier alpha value is -2.96. The lowest BCUT2D eigenvalue weighted by Crippen LogP contribution is -2.46. The van der Waals surface area contributed by atoms with Gasteiger partial charge in [0.05, 0.1) is 30.6 Å². The fourth-order valence-electron chi connectivity index (χ4n) is 2.95. The minimum Gasteiger partial charge on any atom is -0.351 e. The van der Waals surface area contributed by atoms with Crippen molar-refractivity contribution in [3.63, 3.8) is 0 Å². The second-order valence-electron chi connectivity index (χ2n) is 7.74. The van der Waals surface area contributed by atoms with E-state index in [2.05, 4.69) is 36.2 Å². The molecular formula is C20H25N5O2. The Bertz CT molecular complexity index is 970. The van der Waals surface area contributed by atoms with Crippen molar-refractivity contribution in [2.75, 3.05) is 0 Å². The van der Waals surface area contributed by atoms with Crippen molar-refractivity contribution >= 4 is 16.8 Å². The third kappa shape index (κ3) is 4.61. The van der Waals surface area contributed by atoms with Crippen LogP contribution in [0.5, 0.6) is 0 Å². The lowest BCUT2D eigenvalue weighted by molar-refractivity contribution is -0.123. The summed E-state index contributed by atoms with van der Waals surface area (Å²) in [5.74, 6) is -0.0420. The summed E-state index contributed by atoms with van der Waals surface area (Å²) in [5.41, 5.74) is 0.533. The SMILES string of the molecule is CC(C)(C)C(Cn1ccnc1)NC(=O)CCn1ncc(=O)c2ccccc21. The Morgan fingerprint density at radius 3 is 2.74 bits per heavy atom. The molecule has 3 rings (SSSR count). The summed E-state index contributed by atoms with van der Waals surface area (Å²) < 4.78 is 3.67. The molecule has 3 aromatic rings. The second kappa shape index (κ2) is 7.73. The second-order valence-corrected chi connectivity index (χ2v) is 7.74. The first-order chi connectivity index (χ1) is 12.8. The molecule has 0 fully saturated rings. The first kappa shape index (κ1) is 18.8. The van der Waals surface area contributed by atoms with Crippen molar-refractivity contribution in [3.05, 3.63) is 59.4 Å². The van der Waals surface area contributed by atoms with Gasteiger partial charge in [-0.3, -0.25) is 14.3 Å². The summed E-state index contributed by atoms with van der Waals surface area (Å²) >= 11 is 0. The first-order valence-electron chi connectivity index (χ1n) is 9.04. The summed E-state index contributed by atoms with van der Waals surface area (Å²) in [7, 11) is 0. The molecule has 1 N–H and O–H groups in total. The number of aryl methyl sites for hydroxylation is 1. The van der Waals surface area contributed by atoms with Crippen LogP contribution in [0.2, 0.25) is 0 Å². The summed E-state index contributed by atoms with van der Waals surface area (Å²) in [6.45, 7) is 7.38. The highest BCUT2D eigenvalue weighted by atomic mass is 16.1. The van der Waals surface area contributed by atoms with Crippen LogP contribution in [0.1, 0.15) is 27.2 Å². The number of benzene rings is 1. The van der Waals surface area contributed by atoms with Gasteiger partial charge in [-0.15, -0.1) is 0 Å². The van der Waals surface area contributed by atoms with Crippen molar-refractivity contribution in [1.29, 1.82) is 0 Å².